The molecule has 1 atom stereocenters. The largest absolute Gasteiger partial charge is 0.481 e. The molecule has 0 aromatic rings. The first-order valence-corrected chi connectivity index (χ1v) is 6.56. The van der Waals surface area contributed by atoms with E-state index in [1.807, 2.05) is 34.6 Å². The van der Waals surface area contributed by atoms with Crippen molar-refractivity contribution in [2.45, 2.75) is 60.0 Å². The number of Topliss-reactive ketones (excluding diaryl/α,β-unsaturated/α-hetero) is 1. The first-order valence-electron chi connectivity index (χ1n) is 6.56. The zero-order valence-electron chi connectivity index (χ0n) is 12.2. The maximum Gasteiger partial charge on any atom is 0.303 e. The van der Waals surface area contributed by atoms with Crippen LogP contribution in [0.2, 0.25) is 0 Å². The van der Waals surface area contributed by atoms with E-state index in [0.29, 0.717) is 13.0 Å². The summed E-state index contributed by atoms with van der Waals surface area (Å²) in [5, 5.41) is 8.62. The molecular weight excluding hydrogens is 232 g/mol. The fourth-order valence-corrected chi connectivity index (χ4v) is 2.10. The van der Waals surface area contributed by atoms with Crippen molar-refractivity contribution in [2.24, 2.45) is 11.3 Å². The van der Waals surface area contributed by atoms with Gasteiger partial charge in [0.2, 0.25) is 0 Å². The molecule has 0 saturated heterocycles. The summed E-state index contributed by atoms with van der Waals surface area (Å²) in [5.41, 5.74) is -0.255. The van der Waals surface area contributed by atoms with Crippen LogP contribution in [-0.2, 0) is 14.3 Å². The van der Waals surface area contributed by atoms with Gasteiger partial charge in [-0.1, -0.05) is 20.8 Å². The highest BCUT2D eigenvalue weighted by Gasteiger charge is 2.33. The Morgan fingerprint density at radius 2 is 1.78 bits per heavy atom. The van der Waals surface area contributed by atoms with Crippen LogP contribution in [0, 0.1) is 11.3 Å². The molecule has 106 valence electrons. The highest BCUT2D eigenvalue weighted by molar-refractivity contribution is 5.84. The molecular formula is C14H26O4. The van der Waals surface area contributed by atoms with Crippen molar-refractivity contribution in [3.05, 3.63) is 0 Å². The number of ether oxygens (including phenoxy) is 1. The number of ketones is 1. The fourth-order valence-electron chi connectivity index (χ4n) is 2.10. The highest BCUT2D eigenvalue weighted by Crippen LogP contribution is 2.32. The Morgan fingerprint density at radius 3 is 2.17 bits per heavy atom. The summed E-state index contributed by atoms with van der Waals surface area (Å²) >= 11 is 0. The summed E-state index contributed by atoms with van der Waals surface area (Å²) < 4.78 is 5.60. The van der Waals surface area contributed by atoms with Crippen LogP contribution < -0.4 is 0 Å². The van der Waals surface area contributed by atoms with Crippen LogP contribution in [0.3, 0.4) is 0 Å². The molecule has 0 aromatic heterocycles. The summed E-state index contributed by atoms with van der Waals surface area (Å²) in [4.78, 5) is 22.6. The number of carbonyl (C=O) groups is 2. The van der Waals surface area contributed by atoms with Gasteiger partial charge in [-0.05, 0) is 25.7 Å². The molecule has 4 nitrogen and oxygen atoms in total. The number of hydrogen-bond donors (Lipinski definition) is 1. The van der Waals surface area contributed by atoms with Gasteiger partial charge in [0, 0.05) is 12.3 Å². The Bertz CT molecular complexity index is 282. The molecule has 0 heterocycles. The lowest BCUT2D eigenvalue weighted by Crippen LogP contribution is -2.35. The van der Waals surface area contributed by atoms with Crippen molar-refractivity contribution in [1.82, 2.24) is 0 Å². The van der Waals surface area contributed by atoms with E-state index in [-0.39, 0.29) is 36.1 Å². The molecule has 0 fully saturated rings. The Balaban J connectivity index is 4.52. The number of carboxylic acid groups (broad SMARTS) is 1. The van der Waals surface area contributed by atoms with E-state index in [2.05, 4.69) is 0 Å². The number of carboxylic acids is 1. The number of hydrogen-bond acceptors (Lipinski definition) is 3. The smallest absolute Gasteiger partial charge is 0.303 e. The number of carbonyl (C=O) groups excluding carboxylic acids is 1. The van der Waals surface area contributed by atoms with Crippen LogP contribution in [0.15, 0.2) is 0 Å². The van der Waals surface area contributed by atoms with Gasteiger partial charge in [-0.25, -0.2) is 0 Å². The third-order valence-electron chi connectivity index (χ3n) is 3.11. The van der Waals surface area contributed by atoms with Crippen LogP contribution in [0.1, 0.15) is 53.9 Å². The van der Waals surface area contributed by atoms with Crippen LogP contribution in [0.4, 0.5) is 0 Å². The van der Waals surface area contributed by atoms with Gasteiger partial charge in [-0.2, -0.15) is 0 Å². The van der Waals surface area contributed by atoms with Gasteiger partial charge in [0.25, 0.3) is 0 Å². The highest BCUT2D eigenvalue weighted by atomic mass is 16.5. The van der Waals surface area contributed by atoms with E-state index in [9.17, 15) is 9.59 Å². The molecule has 18 heavy (non-hydrogen) atoms. The first kappa shape index (κ1) is 17.1. The van der Waals surface area contributed by atoms with Crippen LogP contribution in [0.25, 0.3) is 0 Å². The maximum atomic E-state index is 12.1. The molecule has 0 radical (unpaired) electrons. The van der Waals surface area contributed by atoms with Gasteiger partial charge in [0.15, 0.2) is 0 Å². The van der Waals surface area contributed by atoms with Gasteiger partial charge in [-0.15, -0.1) is 0 Å². The predicted molar refractivity (Wildman–Crippen MR) is 70.5 cm³/mol. The van der Waals surface area contributed by atoms with Crippen molar-refractivity contribution < 1.29 is 19.4 Å². The van der Waals surface area contributed by atoms with Crippen LogP contribution in [-0.4, -0.2) is 29.6 Å². The van der Waals surface area contributed by atoms with Crippen molar-refractivity contribution in [1.29, 1.82) is 0 Å². The van der Waals surface area contributed by atoms with E-state index in [1.165, 1.54) is 0 Å². The normalized spacial score (nSPS) is 13.7. The van der Waals surface area contributed by atoms with Crippen LogP contribution in [0.5, 0.6) is 0 Å². The third kappa shape index (κ3) is 6.15. The lowest BCUT2D eigenvalue weighted by molar-refractivity contribution is -0.140. The van der Waals surface area contributed by atoms with Crippen molar-refractivity contribution in [3.8, 4) is 0 Å². The Labute approximate surface area is 110 Å². The Hall–Kier alpha value is -0.900. The molecule has 4 heteroatoms. The summed E-state index contributed by atoms with van der Waals surface area (Å²) in [7, 11) is 0. The Morgan fingerprint density at radius 1 is 1.22 bits per heavy atom. The minimum atomic E-state index is -0.922. The molecule has 1 unspecified atom stereocenters. The zero-order valence-corrected chi connectivity index (χ0v) is 12.2. The molecule has 0 aliphatic heterocycles. The predicted octanol–water partition coefficient (Wildman–Crippen LogP) is 2.90. The minimum absolute atomic E-state index is 0.0252. The quantitative estimate of drug-likeness (QED) is 0.690. The summed E-state index contributed by atoms with van der Waals surface area (Å²) in [6.07, 6.45) is 0.873. The molecule has 0 rings (SSSR count). The molecule has 0 spiro atoms. The van der Waals surface area contributed by atoms with E-state index in [1.54, 1.807) is 0 Å². The summed E-state index contributed by atoms with van der Waals surface area (Å²) in [6.45, 7) is 10.4. The Kier molecular flexibility index (Phi) is 7.14. The van der Waals surface area contributed by atoms with Crippen molar-refractivity contribution >= 4 is 11.8 Å². The molecule has 0 aliphatic carbocycles. The number of rotatable bonds is 9. The third-order valence-corrected chi connectivity index (χ3v) is 3.11. The summed E-state index contributed by atoms with van der Waals surface area (Å²) in [5.74, 6) is -1.04. The SMILES string of the molecule is CCC(C(=O)CCC(=O)O)C(C)(C)COC(C)C. The molecule has 0 saturated carbocycles. The second kappa shape index (κ2) is 7.52. The zero-order chi connectivity index (χ0) is 14.3. The van der Waals surface area contributed by atoms with Gasteiger partial charge in [0.1, 0.15) is 5.78 Å². The van der Waals surface area contributed by atoms with E-state index in [4.69, 9.17) is 9.84 Å². The lowest BCUT2D eigenvalue weighted by Gasteiger charge is -2.33. The standard InChI is InChI=1S/C14H26O4/c1-6-11(12(15)7-8-13(16)17)14(4,5)9-18-10(2)3/h10-11H,6-9H2,1-5H3,(H,16,17). The average molecular weight is 258 g/mol. The minimum Gasteiger partial charge on any atom is -0.481 e. The van der Waals surface area contributed by atoms with Gasteiger partial charge in [0.05, 0.1) is 19.1 Å². The number of aliphatic carboxylic acids is 1. The average Bonchev–Trinajstić information content (AvgIpc) is 2.24. The lowest BCUT2D eigenvalue weighted by atomic mass is 9.74. The molecule has 1 N–H and O–H groups in total. The van der Waals surface area contributed by atoms with Crippen molar-refractivity contribution in [3.63, 3.8) is 0 Å². The van der Waals surface area contributed by atoms with Crippen LogP contribution >= 0.6 is 0 Å². The molecule has 0 bridgehead atoms. The molecule has 0 amide bonds. The maximum absolute atomic E-state index is 12.1. The topological polar surface area (TPSA) is 63.6 Å². The van der Waals surface area contributed by atoms with E-state index >= 15 is 0 Å². The second-order valence-electron chi connectivity index (χ2n) is 5.67. The summed E-state index contributed by atoms with van der Waals surface area (Å²) in [6, 6.07) is 0. The fraction of sp³-hybridized carbons (Fsp3) is 0.857. The molecule has 0 aliphatic rings. The van der Waals surface area contributed by atoms with E-state index < -0.39 is 5.97 Å². The van der Waals surface area contributed by atoms with E-state index in [0.717, 1.165) is 0 Å². The first-order chi connectivity index (χ1) is 8.20. The monoisotopic (exact) mass is 258 g/mol. The molecule has 0 aromatic carbocycles. The second-order valence-corrected chi connectivity index (χ2v) is 5.67. The van der Waals surface area contributed by atoms with Gasteiger partial charge >= 0.3 is 5.97 Å². The van der Waals surface area contributed by atoms with Gasteiger partial charge < -0.3 is 9.84 Å². The van der Waals surface area contributed by atoms with Gasteiger partial charge in [-0.3, -0.25) is 9.59 Å². The van der Waals surface area contributed by atoms with Crippen molar-refractivity contribution in [2.75, 3.05) is 6.61 Å².